The van der Waals surface area contributed by atoms with Crippen molar-refractivity contribution in [3.8, 4) is 0 Å². The molecule has 2 rings (SSSR count). The van der Waals surface area contributed by atoms with E-state index in [1.165, 1.54) is 24.8 Å². The van der Waals surface area contributed by atoms with E-state index in [0.717, 1.165) is 25.0 Å². The smallest absolute Gasteiger partial charge is 0.0720 e. The first kappa shape index (κ1) is 17.2. The highest BCUT2D eigenvalue weighted by Crippen LogP contribution is 2.31. The van der Waals surface area contributed by atoms with Crippen LogP contribution >= 0.6 is 0 Å². The molecule has 2 aliphatic rings. The number of nitrogens with zero attached hydrogens (tertiary/aromatic N) is 1. The summed E-state index contributed by atoms with van der Waals surface area (Å²) < 4.78 is 0. The molecule has 0 aromatic carbocycles. The number of aliphatic hydroxyl groups excluding tert-OH is 1. The largest absolute Gasteiger partial charge is 0.393 e. The van der Waals surface area contributed by atoms with E-state index >= 15 is 0 Å². The van der Waals surface area contributed by atoms with Crippen LogP contribution in [0.15, 0.2) is 40.9 Å². The average molecular weight is 301 g/mol. The third kappa shape index (κ3) is 4.95. The predicted octanol–water partition coefficient (Wildman–Crippen LogP) is 4.86. The molecule has 3 atom stereocenters. The van der Waals surface area contributed by atoms with Gasteiger partial charge in [-0.3, -0.25) is 4.99 Å². The van der Waals surface area contributed by atoms with Crippen molar-refractivity contribution in [2.24, 2.45) is 16.8 Å². The zero-order chi connectivity index (χ0) is 15.9. The van der Waals surface area contributed by atoms with Crippen LogP contribution in [-0.4, -0.2) is 23.0 Å². The highest BCUT2D eigenvalue weighted by atomic mass is 16.3. The SMILES string of the molecule is C/C=C\C(CCC(O)C1CCC1)=NC(C)C1=CC[C@@H](C)C=C1. The summed E-state index contributed by atoms with van der Waals surface area (Å²) in [5, 5.41) is 10.2. The first-order chi connectivity index (χ1) is 10.6. The van der Waals surface area contributed by atoms with Crippen molar-refractivity contribution in [1.29, 1.82) is 0 Å². The zero-order valence-electron chi connectivity index (χ0n) is 14.3. The quantitative estimate of drug-likeness (QED) is 0.669. The molecule has 2 aliphatic carbocycles. The second-order valence-corrected chi connectivity index (χ2v) is 6.87. The maximum atomic E-state index is 10.2. The Bertz CT molecular complexity index is 468. The number of allylic oxidation sites excluding steroid dienone is 4. The molecule has 1 fully saturated rings. The van der Waals surface area contributed by atoms with Crippen molar-refractivity contribution in [3.63, 3.8) is 0 Å². The molecule has 0 radical (unpaired) electrons. The summed E-state index contributed by atoms with van der Waals surface area (Å²) in [5.41, 5.74) is 2.43. The summed E-state index contributed by atoms with van der Waals surface area (Å²) in [7, 11) is 0. The molecule has 2 heteroatoms. The Kier molecular flexibility index (Phi) is 6.63. The number of aliphatic hydroxyl groups is 1. The molecule has 2 nitrogen and oxygen atoms in total. The van der Waals surface area contributed by atoms with E-state index in [1.807, 2.05) is 6.92 Å². The first-order valence-corrected chi connectivity index (χ1v) is 8.85. The molecule has 1 N–H and O–H groups in total. The van der Waals surface area contributed by atoms with Crippen molar-refractivity contribution in [1.82, 2.24) is 0 Å². The molecule has 0 aliphatic heterocycles. The van der Waals surface area contributed by atoms with Crippen LogP contribution in [-0.2, 0) is 0 Å². The highest BCUT2D eigenvalue weighted by Gasteiger charge is 2.25. The van der Waals surface area contributed by atoms with Gasteiger partial charge in [0.05, 0.1) is 12.1 Å². The number of hydrogen-bond donors (Lipinski definition) is 1. The van der Waals surface area contributed by atoms with Gasteiger partial charge in [-0.15, -0.1) is 0 Å². The lowest BCUT2D eigenvalue weighted by atomic mass is 9.79. The van der Waals surface area contributed by atoms with Crippen LogP contribution in [0, 0.1) is 11.8 Å². The van der Waals surface area contributed by atoms with Gasteiger partial charge in [0.1, 0.15) is 0 Å². The van der Waals surface area contributed by atoms with E-state index in [9.17, 15) is 5.11 Å². The van der Waals surface area contributed by atoms with Gasteiger partial charge < -0.3 is 5.11 Å². The lowest BCUT2D eigenvalue weighted by molar-refractivity contribution is 0.0574. The van der Waals surface area contributed by atoms with E-state index in [4.69, 9.17) is 4.99 Å². The van der Waals surface area contributed by atoms with Crippen LogP contribution in [0.25, 0.3) is 0 Å². The van der Waals surface area contributed by atoms with Gasteiger partial charge in [-0.2, -0.15) is 0 Å². The van der Waals surface area contributed by atoms with Crippen LogP contribution in [0.5, 0.6) is 0 Å². The fraction of sp³-hybridized carbons (Fsp3) is 0.650. The van der Waals surface area contributed by atoms with Crippen LogP contribution in [0.2, 0.25) is 0 Å². The Balaban J connectivity index is 1.92. The minimum absolute atomic E-state index is 0.144. The predicted molar refractivity (Wildman–Crippen MR) is 95.3 cm³/mol. The standard InChI is InChI=1S/C20H31NO/c1-4-6-19(13-14-20(22)18-7-5-8-18)21-16(3)17-11-9-15(2)10-12-17/h4,6,9,11-12,15-16,18,20,22H,5,7-8,10,13-14H2,1-3H3/b6-4-,21-19?/t15-,16?,20?/m0/s1. The molecular weight excluding hydrogens is 270 g/mol. The van der Waals surface area contributed by atoms with Crippen LogP contribution in [0.1, 0.15) is 59.3 Å². The van der Waals surface area contributed by atoms with Crippen LogP contribution in [0.4, 0.5) is 0 Å². The van der Waals surface area contributed by atoms with Crippen molar-refractivity contribution >= 4 is 5.71 Å². The Morgan fingerprint density at radius 1 is 1.45 bits per heavy atom. The Morgan fingerprint density at radius 2 is 2.23 bits per heavy atom. The van der Waals surface area contributed by atoms with Crippen molar-refractivity contribution < 1.29 is 5.11 Å². The van der Waals surface area contributed by atoms with Gasteiger partial charge in [0.2, 0.25) is 0 Å². The monoisotopic (exact) mass is 301 g/mol. The fourth-order valence-electron chi connectivity index (χ4n) is 3.12. The van der Waals surface area contributed by atoms with Gasteiger partial charge in [-0.1, -0.05) is 37.6 Å². The molecule has 0 aromatic rings. The second kappa shape index (κ2) is 8.47. The maximum Gasteiger partial charge on any atom is 0.0720 e. The molecule has 0 aromatic heterocycles. The van der Waals surface area contributed by atoms with Crippen LogP contribution in [0.3, 0.4) is 0 Å². The normalized spacial score (nSPS) is 25.9. The summed E-state index contributed by atoms with van der Waals surface area (Å²) in [6.45, 7) is 6.44. The minimum Gasteiger partial charge on any atom is -0.393 e. The van der Waals surface area contributed by atoms with E-state index in [-0.39, 0.29) is 12.1 Å². The fourth-order valence-corrected chi connectivity index (χ4v) is 3.12. The lowest BCUT2D eigenvalue weighted by Crippen LogP contribution is -2.27. The lowest BCUT2D eigenvalue weighted by Gasteiger charge is -2.30. The molecule has 122 valence electrons. The first-order valence-electron chi connectivity index (χ1n) is 8.85. The molecule has 0 bridgehead atoms. The maximum absolute atomic E-state index is 10.2. The minimum atomic E-state index is -0.144. The van der Waals surface area contributed by atoms with Gasteiger partial charge in [0, 0.05) is 5.71 Å². The van der Waals surface area contributed by atoms with Crippen molar-refractivity contribution in [2.75, 3.05) is 0 Å². The van der Waals surface area contributed by atoms with Crippen molar-refractivity contribution in [2.45, 2.75) is 71.4 Å². The van der Waals surface area contributed by atoms with Gasteiger partial charge in [0.25, 0.3) is 0 Å². The molecule has 2 unspecified atom stereocenters. The molecule has 22 heavy (non-hydrogen) atoms. The summed E-state index contributed by atoms with van der Waals surface area (Å²) in [5.74, 6) is 1.18. The summed E-state index contributed by atoms with van der Waals surface area (Å²) in [6, 6.07) is 0.204. The van der Waals surface area contributed by atoms with E-state index in [1.54, 1.807) is 0 Å². The number of aliphatic imine (C=N–C) groups is 1. The number of hydrogen-bond acceptors (Lipinski definition) is 2. The summed E-state index contributed by atoms with van der Waals surface area (Å²) in [6.07, 6.45) is 17.3. The van der Waals surface area contributed by atoms with Gasteiger partial charge in [-0.25, -0.2) is 0 Å². The number of rotatable bonds is 7. The average Bonchev–Trinajstić information content (AvgIpc) is 2.43. The Morgan fingerprint density at radius 3 is 2.77 bits per heavy atom. The van der Waals surface area contributed by atoms with E-state index in [2.05, 4.69) is 44.2 Å². The Hall–Kier alpha value is -1.15. The molecule has 1 saturated carbocycles. The van der Waals surface area contributed by atoms with Crippen molar-refractivity contribution in [3.05, 3.63) is 36.0 Å². The highest BCUT2D eigenvalue weighted by molar-refractivity contribution is 5.95. The van der Waals surface area contributed by atoms with E-state index < -0.39 is 0 Å². The third-order valence-electron chi connectivity index (χ3n) is 4.93. The van der Waals surface area contributed by atoms with Gasteiger partial charge >= 0.3 is 0 Å². The topological polar surface area (TPSA) is 32.6 Å². The Labute approximate surface area is 135 Å². The summed E-state index contributed by atoms with van der Waals surface area (Å²) in [4.78, 5) is 4.89. The summed E-state index contributed by atoms with van der Waals surface area (Å²) >= 11 is 0. The second-order valence-electron chi connectivity index (χ2n) is 6.87. The molecule has 0 heterocycles. The van der Waals surface area contributed by atoms with E-state index in [0.29, 0.717) is 11.8 Å². The molecular formula is C20H31NO. The molecule has 0 spiro atoms. The zero-order valence-corrected chi connectivity index (χ0v) is 14.3. The third-order valence-corrected chi connectivity index (χ3v) is 4.93. The van der Waals surface area contributed by atoms with Gasteiger partial charge in [0.15, 0.2) is 0 Å². The van der Waals surface area contributed by atoms with Crippen LogP contribution < -0.4 is 0 Å². The molecule has 0 saturated heterocycles. The van der Waals surface area contributed by atoms with Gasteiger partial charge in [-0.05, 0) is 69.4 Å². The molecule has 0 amide bonds.